The second kappa shape index (κ2) is 56.0. The number of carbonyl (C=O) groups is 3. The maximum Gasteiger partial charge on any atom is 0.306 e. The third kappa shape index (κ3) is 53.4. The molecule has 0 aliphatic heterocycles. The van der Waals surface area contributed by atoms with Crippen LogP contribution in [0.5, 0.6) is 0 Å². The second-order valence-electron chi connectivity index (χ2n) is 20.6. The largest absolute Gasteiger partial charge is 0.466 e. The lowest BCUT2D eigenvalue weighted by Crippen LogP contribution is -2.25. The molecule has 0 N–H and O–H groups in total. The average molecular weight is 934 g/mol. The molecule has 1 atom stereocenters. The zero-order chi connectivity index (χ0) is 47.9. The Bertz CT molecular complexity index is 982. The molecule has 0 aromatic carbocycles. The van der Waals surface area contributed by atoms with Crippen molar-refractivity contribution in [1.29, 1.82) is 0 Å². The molecule has 0 rings (SSSR count). The van der Waals surface area contributed by atoms with Gasteiger partial charge in [-0.15, -0.1) is 0 Å². The topological polar surface area (TPSA) is 78.9 Å². The summed E-state index contributed by atoms with van der Waals surface area (Å²) >= 11 is 0. The van der Waals surface area contributed by atoms with E-state index in [2.05, 4.69) is 20.8 Å². The van der Waals surface area contributed by atoms with Crippen molar-refractivity contribution in [1.82, 2.24) is 0 Å². The molecule has 6 heteroatoms. The van der Waals surface area contributed by atoms with Crippen LogP contribution in [0.3, 0.4) is 0 Å². The van der Waals surface area contributed by atoms with Crippen LogP contribution in [0, 0.1) is 0 Å². The van der Waals surface area contributed by atoms with Gasteiger partial charge in [0.25, 0.3) is 0 Å². The molecule has 6 nitrogen and oxygen atoms in total. The minimum atomic E-state index is -0.449. The molecular weight excluding hydrogens is 817 g/mol. The highest BCUT2D eigenvalue weighted by Gasteiger charge is 2.17. The molecule has 0 radical (unpaired) electrons. The summed E-state index contributed by atoms with van der Waals surface area (Å²) < 4.78 is 17.1. The SMILES string of the molecule is CCCCCCCCCCCCCCCCCC(=O)OCCCCC(COC(=O)CCCCCCCCCCCCCCCCC)OC(=O)CCCCCCCCCCCCCCCCC. The van der Waals surface area contributed by atoms with E-state index in [9.17, 15) is 14.4 Å². The Labute approximate surface area is 412 Å². The summed E-state index contributed by atoms with van der Waals surface area (Å²) in [7, 11) is 0. The van der Waals surface area contributed by atoms with Crippen molar-refractivity contribution < 1.29 is 28.6 Å². The highest BCUT2D eigenvalue weighted by molar-refractivity contribution is 5.70. The molecule has 1 unspecified atom stereocenters. The van der Waals surface area contributed by atoms with E-state index < -0.39 is 6.10 Å². The standard InChI is InChI=1S/C60H116O6/c1-4-7-10-13-16-19-22-25-28-31-34-37-40-43-46-52-58(61)64-55-50-49-51-57(66-60(63)54-48-45-42-39-36-33-30-27-24-21-18-15-12-9-6-3)56-65-59(62)53-47-44-41-38-35-32-29-26-23-20-17-14-11-8-5-2/h57H,4-56H2,1-3H3. The number of ether oxygens (including phenoxy) is 3. The molecule has 0 saturated heterocycles. The first-order valence-electron chi connectivity index (χ1n) is 30.0. The Kier molecular flexibility index (Phi) is 54.7. The zero-order valence-electron chi connectivity index (χ0n) is 45.0. The Hall–Kier alpha value is -1.59. The summed E-state index contributed by atoms with van der Waals surface area (Å²) in [4.78, 5) is 37.9. The van der Waals surface area contributed by atoms with Crippen LogP contribution in [0.1, 0.15) is 348 Å². The van der Waals surface area contributed by atoms with Gasteiger partial charge in [-0.05, 0) is 38.5 Å². The van der Waals surface area contributed by atoms with Gasteiger partial charge in [-0.3, -0.25) is 14.4 Å². The third-order valence-corrected chi connectivity index (χ3v) is 13.9. The number of hydrogen-bond acceptors (Lipinski definition) is 6. The van der Waals surface area contributed by atoms with Crippen molar-refractivity contribution in [2.75, 3.05) is 13.2 Å². The summed E-state index contributed by atoms with van der Waals surface area (Å²) in [5, 5.41) is 0. The molecule has 0 saturated carbocycles. The molecular formula is C60H116O6. The first-order chi connectivity index (χ1) is 32.5. The number of carbonyl (C=O) groups excluding carboxylic acids is 3. The van der Waals surface area contributed by atoms with E-state index in [0.29, 0.717) is 38.7 Å². The third-order valence-electron chi connectivity index (χ3n) is 13.9. The van der Waals surface area contributed by atoms with E-state index in [1.165, 1.54) is 250 Å². The van der Waals surface area contributed by atoms with Crippen molar-refractivity contribution >= 4 is 17.9 Å². The Morgan fingerprint density at radius 3 is 0.803 bits per heavy atom. The lowest BCUT2D eigenvalue weighted by molar-refractivity contribution is -0.159. The predicted molar refractivity (Wildman–Crippen MR) is 284 cm³/mol. The van der Waals surface area contributed by atoms with Gasteiger partial charge in [-0.1, -0.05) is 290 Å². The number of hydrogen-bond donors (Lipinski definition) is 0. The van der Waals surface area contributed by atoms with Crippen molar-refractivity contribution in [3.05, 3.63) is 0 Å². The van der Waals surface area contributed by atoms with Crippen LogP contribution >= 0.6 is 0 Å². The number of rotatable bonds is 56. The minimum Gasteiger partial charge on any atom is -0.466 e. The lowest BCUT2D eigenvalue weighted by atomic mass is 10.0. The predicted octanol–water partition coefficient (Wildman–Crippen LogP) is 19.9. The van der Waals surface area contributed by atoms with Crippen molar-refractivity contribution in [3.8, 4) is 0 Å². The van der Waals surface area contributed by atoms with Crippen LogP contribution in [0.15, 0.2) is 0 Å². The van der Waals surface area contributed by atoms with Crippen molar-refractivity contribution in [3.63, 3.8) is 0 Å². The van der Waals surface area contributed by atoms with Gasteiger partial charge in [-0.2, -0.15) is 0 Å². The summed E-state index contributed by atoms with van der Waals surface area (Å²) in [5.74, 6) is -0.493. The lowest BCUT2D eigenvalue weighted by Gasteiger charge is -2.18. The highest BCUT2D eigenvalue weighted by atomic mass is 16.6. The van der Waals surface area contributed by atoms with Gasteiger partial charge in [0.2, 0.25) is 0 Å². The van der Waals surface area contributed by atoms with Crippen LogP contribution < -0.4 is 0 Å². The van der Waals surface area contributed by atoms with Gasteiger partial charge >= 0.3 is 17.9 Å². The van der Waals surface area contributed by atoms with Crippen molar-refractivity contribution in [2.45, 2.75) is 354 Å². The quantitative estimate of drug-likeness (QED) is 0.0343. The van der Waals surface area contributed by atoms with Crippen LogP contribution in [-0.2, 0) is 28.6 Å². The molecule has 0 fully saturated rings. The van der Waals surface area contributed by atoms with Crippen LogP contribution in [-0.4, -0.2) is 37.2 Å². The van der Waals surface area contributed by atoms with Gasteiger partial charge in [0.05, 0.1) is 6.61 Å². The van der Waals surface area contributed by atoms with E-state index in [1.54, 1.807) is 0 Å². The molecule has 0 amide bonds. The highest BCUT2D eigenvalue weighted by Crippen LogP contribution is 2.18. The Morgan fingerprint density at radius 1 is 0.273 bits per heavy atom. The van der Waals surface area contributed by atoms with E-state index in [4.69, 9.17) is 14.2 Å². The second-order valence-corrected chi connectivity index (χ2v) is 20.6. The first-order valence-corrected chi connectivity index (χ1v) is 30.0. The maximum atomic E-state index is 12.9. The average Bonchev–Trinajstić information content (AvgIpc) is 3.31. The minimum absolute atomic E-state index is 0.107. The fourth-order valence-electron chi connectivity index (χ4n) is 9.33. The maximum absolute atomic E-state index is 12.9. The molecule has 66 heavy (non-hydrogen) atoms. The molecule has 0 aromatic rings. The van der Waals surface area contributed by atoms with Gasteiger partial charge in [0.15, 0.2) is 0 Å². The summed E-state index contributed by atoms with van der Waals surface area (Å²) in [6.45, 7) is 7.34. The molecule has 0 spiro atoms. The number of unbranched alkanes of at least 4 members (excludes halogenated alkanes) is 43. The Balaban J connectivity index is 4.26. The Morgan fingerprint density at radius 2 is 0.515 bits per heavy atom. The van der Waals surface area contributed by atoms with Crippen molar-refractivity contribution in [2.24, 2.45) is 0 Å². The molecule has 0 aliphatic rings. The molecule has 0 heterocycles. The summed E-state index contributed by atoms with van der Waals surface area (Å²) in [6.07, 6.45) is 61.4. The van der Waals surface area contributed by atoms with E-state index in [0.717, 1.165) is 44.9 Å². The van der Waals surface area contributed by atoms with E-state index >= 15 is 0 Å². The van der Waals surface area contributed by atoms with Crippen LogP contribution in [0.4, 0.5) is 0 Å². The monoisotopic (exact) mass is 933 g/mol. The molecule has 0 aromatic heterocycles. The smallest absolute Gasteiger partial charge is 0.306 e. The van der Waals surface area contributed by atoms with Crippen LogP contribution in [0.2, 0.25) is 0 Å². The molecule has 0 bridgehead atoms. The van der Waals surface area contributed by atoms with Gasteiger partial charge in [0, 0.05) is 19.3 Å². The summed E-state index contributed by atoms with van der Waals surface area (Å²) in [5.41, 5.74) is 0. The summed E-state index contributed by atoms with van der Waals surface area (Å²) in [6, 6.07) is 0. The fraction of sp³-hybridized carbons (Fsp3) is 0.950. The van der Waals surface area contributed by atoms with E-state index in [1.807, 2.05) is 0 Å². The van der Waals surface area contributed by atoms with Gasteiger partial charge in [0.1, 0.15) is 12.7 Å². The van der Waals surface area contributed by atoms with E-state index in [-0.39, 0.29) is 24.5 Å². The normalized spacial score (nSPS) is 11.9. The van der Waals surface area contributed by atoms with Gasteiger partial charge < -0.3 is 14.2 Å². The molecule has 0 aliphatic carbocycles. The fourth-order valence-corrected chi connectivity index (χ4v) is 9.33. The van der Waals surface area contributed by atoms with Gasteiger partial charge in [-0.25, -0.2) is 0 Å². The number of esters is 3. The first kappa shape index (κ1) is 64.4. The van der Waals surface area contributed by atoms with Crippen LogP contribution in [0.25, 0.3) is 0 Å². The molecule has 392 valence electrons. The zero-order valence-corrected chi connectivity index (χ0v) is 45.0.